The minimum absolute atomic E-state index is 0.234. The summed E-state index contributed by atoms with van der Waals surface area (Å²) in [6, 6.07) is 7.31. The summed E-state index contributed by atoms with van der Waals surface area (Å²) < 4.78 is 5.86. The van der Waals surface area contributed by atoms with Crippen molar-refractivity contribution >= 4 is 11.8 Å². The number of aryl methyl sites for hydroxylation is 2. The molecule has 1 aromatic rings. The molecule has 4 atom stereocenters. The van der Waals surface area contributed by atoms with E-state index in [-0.39, 0.29) is 6.23 Å². The van der Waals surface area contributed by atoms with Crippen LogP contribution in [0, 0.1) is 19.8 Å². The van der Waals surface area contributed by atoms with Gasteiger partial charge < -0.3 is 10.1 Å². The number of likely N-dealkylation sites (tertiary alicyclic amines) is 1. The number of thioether (sulfide) groups is 1. The predicted molar refractivity (Wildman–Crippen MR) is 107 cm³/mol. The van der Waals surface area contributed by atoms with Crippen molar-refractivity contribution in [3.63, 3.8) is 0 Å². The highest BCUT2D eigenvalue weighted by Gasteiger charge is 2.33. The maximum Gasteiger partial charge on any atom is 0.111 e. The Morgan fingerprint density at radius 2 is 2.24 bits per heavy atom. The highest BCUT2D eigenvalue weighted by atomic mass is 32.2. The van der Waals surface area contributed by atoms with Crippen LogP contribution in [0.15, 0.2) is 18.2 Å². The minimum Gasteiger partial charge on any atom is -0.366 e. The monoisotopic (exact) mass is 363 g/mol. The van der Waals surface area contributed by atoms with Gasteiger partial charge in [-0.15, -0.1) is 11.8 Å². The summed E-state index contributed by atoms with van der Waals surface area (Å²) >= 11 is 2.03. The van der Waals surface area contributed by atoms with Gasteiger partial charge >= 0.3 is 0 Å². The zero-order valence-corrected chi connectivity index (χ0v) is 16.9. The van der Waals surface area contributed by atoms with Crippen LogP contribution in [0.5, 0.6) is 0 Å². The van der Waals surface area contributed by atoms with E-state index >= 15 is 0 Å². The molecule has 2 fully saturated rings. The number of benzene rings is 1. The summed E-state index contributed by atoms with van der Waals surface area (Å²) in [6.45, 7) is 7.81. The Balaban J connectivity index is 1.55. The Hall–Kier alpha value is -0.590. The minimum atomic E-state index is 0.234. The molecule has 0 amide bonds. The third-order valence-electron chi connectivity index (χ3n) is 5.53. The third-order valence-corrected chi connectivity index (χ3v) is 6.85. The fraction of sp³-hybridized carbons (Fsp3) is 0.700. The van der Waals surface area contributed by atoms with Gasteiger partial charge in [0.1, 0.15) is 6.23 Å². The summed E-state index contributed by atoms with van der Waals surface area (Å²) in [6.07, 6.45) is 2.58. The molecule has 2 aliphatic heterocycles. The first-order valence-electron chi connectivity index (χ1n) is 9.47. The molecule has 4 unspecified atom stereocenters. The summed E-state index contributed by atoms with van der Waals surface area (Å²) in [4.78, 5) is 2.53. The predicted octanol–water partition coefficient (Wildman–Crippen LogP) is 2.91. The van der Waals surface area contributed by atoms with Crippen LogP contribution in [0.4, 0.5) is 0 Å². The highest BCUT2D eigenvalue weighted by molar-refractivity contribution is 7.99. The second-order valence-electron chi connectivity index (χ2n) is 7.57. The lowest BCUT2D eigenvalue weighted by Gasteiger charge is -2.29. The molecule has 2 aliphatic rings. The molecule has 0 radical (unpaired) electrons. The van der Waals surface area contributed by atoms with E-state index in [2.05, 4.69) is 47.6 Å². The lowest BCUT2D eigenvalue weighted by molar-refractivity contribution is -0.0310. The van der Waals surface area contributed by atoms with E-state index in [0.29, 0.717) is 11.4 Å². The molecule has 4 nitrogen and oxygen atoms in total. The molecular weight excluding hydrogens is 330 g/mol. The fourth-order valence-corrected chi connectivity index (χ4v) is 5.57. The summed E-state index contributed by atoms with van der Waals surface area (Å²) in [5, 5.41) is 7.56. The maximum atomic E-state index is 5.86. The van der Waals surface area contributed by atoms with E-state index in [1.54, 1.807) is 0 Å². The number of hydrogen-bond acceptors (Lipinski definition) is 5. The van der Waals surface area contributed by atoms with Gasteiger partial charge in [0, 0.05) is 38.4 Å². The number of ether oxygens (including phenoxy) is 1. The number of methoxy groups -OCH3 is 1. The number of nitrogens with zero attached hydrogens (tertiary/aromatic N) is 1. The molecule has 2 N–H and O–H groups in total. The smallest absolute Gasteiger partial charge is 0.111 e. The summed E-state index contributed by atoms with van der Waals surface area (Å²) in [5.74, 6) is 1.92. The Kier molecular flexibility index (Phi) is 6.80. The number of nitrogens with one attached hydrogen (secondary N) is 2. The van der Waals surface area contributed by atoms with Crippen LogP contribution in [0.3, 0.4) is 0 Å². The highest BCUT2D eigenvalue weighted by Crippen LogP contribution is 2.36. The van der Waals surface area contributed by atoms with E-state index in [1.807, 2.05) is 25.9 Å². The van der Waals surface area contributed by atoms with Crippen molar-refractivity contribution < 1.29 is 4.74 Å². The van der Waals surface area contributed by atoms with E-state index in [1.165, 1.54) is 23.1 Å². The van der Waals surface area contributed by atoms with Gasteiger partial charge in [0.15, 0.2) is 0 Å². The second kappa shape index (κ2) is 8.87. The van der Waals surface area contributed by atoms with Gasteiger partial charge in [-0.25, -0.2) is 0 Å². The molecule has 5 heteroatoms. The molecule has 25 heavy (non-hydrogen) atoms. The SMILES string of the molecule is CNCC1CCN(C(CC2CSC(c3ccc(C)cc3C)N2)OC)C1. The van der Waals surface area contributed by atoms with Gasteiger partial charge in [-0.1, -0.05) is 23.8 Å². The van der Waals surface area contributed by atoms with Crippen molar-refractivity contribution in [3.05, 3.63) is 34.9 Å². The van der Waals surface area contributed by atoms with Gasteiger partial charge in [-0.05, 0) is 50.9 Å². The second-order valence-corrected chi connectivity index (χ2v) is 8.71. The number of hydrogen-bond donors (Lipinski definition) is 2. The summed E-state index contributed by atoms with van der Waals surface area (Å²) in [5.41, 5.74) is 4.16. The first-order valence-corrected chi connectivity index (χ1v) is 10.5. The van der Waals surface area contributed by atoms with Crippen LogP contribution in [-0.4, -0.2) is 56.7 Å². The average molecular weight is 364 g/mol. The summed E-state index contributed by atoms with van der Waals surface area (Å²) in [7, 11) is 3.91. The van der Waals surface area contributed by atoms with Crippen LogP contribution < -0.4 is 10.6 Å². The van der Waals surface area contributed by atoms with Crippen molar-refractivity contribution in [2.75, 3.05) is 39.5 Å². The zero-order valence-electron chi connectivity index (χ0n) is 16.0. The van der Waals surface area contributed by atoms with Gasteiger partial charge in [-0.3, -0.25) is 10.2 Å². The van der Waals surface area contributed by atoms with E-state index in [0.717, 1.165) is 37.7 Å². The zero-order chi connectivity index (χ0) is 17.8. The molecule has 0 spiro atoms. The molecule has 0 aliphatic carbocycles. The molecule has 0 saturated carbocycles. The van der Waals surface area contributed by atoms with Crippen LogP contribution in [0.2, 0.25) is 0 Å². The first-order chi connectivity index (χ1) is 12.1. The van der Waals surface area contributed by atoms with Crippen LogP contribution in [0.25, 0.3) is 0 Å². The van der Waals surface area contributed by atoms with Gasteiger partial charge in [-0.2, -0.15) is 0 Å². The lowest BCUT2D eigenvalue weighted by atomic mass is 10.1. The van der Waals surface area contributed by atoms with Crippen LogP contribution in [-0.2, 0) is 4.74 Å². The third kappa shape index (κ3) is 4.77. The Morgan fingerprint density at radius 3 is 2.96 bits per heavy atom. The van der Waals surface area contributed by atoms with Crippen LogP contribution >= 0.6 is 11.8 Å². The standard InChI is InChI=1S/C20H33N3OS/c1-14-5-6-18(15(2)9-14)20-22-17(13-25-20)10-19(24-4)23-8-7-16(12-23)11-21-3/h5-6,9,16-17,19-22H,7-8,10-13H2,1-4H3. The average Bonchev–Trinajstić information content (AvgIpc) is 3.22. The molecule has 2 heterocycles. The quantitative estimate of drug-likeness (QED) is 0.779. The van der Waals surface area contributed by atoms with Crippen LogP contribution in [0.1, 0.15) is 34.9 Å². The fourth-order valence-electron chi connectivity index (χ4n) is 4.18. The Bertz CT molecular complexity index is 568. The molecule has 1 aromatic carbocycles. The van der Waals surface area contributed by atoms with Crippen molar-refractivity contribution in [2.24, 2.45) is 5.92 Å². The number of rotatable bonds is 7. The van der Waals surface area contributed by atoms with Crippen molar-refractivity contribution in [1.29, 1.82) is 0 Å². The van der Waals surface area contributed by atoms with Gasteiger partial charge in [0.25, 0.3) is 0 Å². The molecule has 3 rings (SSSR count). The topological polar surface area (TPSA) is 36.5 Å². The van der Waals surface area contributed by atoms with Crippen molar-refractivity contribution in [3.8, 4) is 0 Å². The van der Waals surface area contributed by atoms with E-state index < -0.39 is 0 Å². The van der Waals surface area contributed by atoms with Gasteiger partial charge in [0.05, 0.1) is 5.37 Å². The lowest BCUT2D eigenvalue weighted by Crippen LogP contribution is -2.41. The maximum absolute atomic E-state index is 5.86. The van der Waals surface area contributed by atoms with Gasteiger partial charge in [0.2, 0.25) is 0 Å². The van der Waals surface area contributed by atoms with Crippen molar-refractivity contribution in [1.82, 2.24) is 15.5 Å². The largest absolute Gasteiger partial charge is 0.366 e. The molecular formula is C20H33N3OS. The van der Waals surface area contributed by atoms with E-state index in [9.17, 15) is 0 Å². The Labute approximate surface area is 157 Å². The normalized spacial score (nSPS) is 28.6. The molecule has 140 valence electrons. The first kappa shape index (κ1) is 19.2. The molecule has 0 aromatic heterocycles. The molecule has 2 saturated heterocycles. The molecule has 0 bridgehead atoms. The van der Waals surface area contributed by atoms with E-state index in [4.69, 9.17) is 4.74 Å². The Morgan fingerprint density at radius 1 is 1.40 bits per heavy atom. The van der Waals surface area contributed by atoms with Crippen molar-refractivity contribution in [2.45, 2.75) is 44.3 Å².